The highest BCUT2D eigenvalue weighted by Gasteiger charge is 2.30. The Morgan fingerprint density at radius 1 is 1.60 bits per heavy atom. The van der Waals surface area contributed by atoms with E-state index in [9.17, 15) is 0 Å². The monoisotopic (exact) mass is 211 g/mol. The standard InChI is InChI=1S/C10H17N3O2/c1-2-5-14-6-8(11)9-12-10(15-13-9)7-3-4-7/h7-8H,2-6,11H2,1H3. The summed E-state index contributed by atoms with van der Waals surface area (Å²) in [6.45, 7) is 3.24. The van der Waals surface area contributed by atoms with Crippen molar-refractivity contribution in [3.63, 3.8) is 0 Å². The summed E-state index contributed by atoms with van der Waals surface area (Å²) in [6.07, 6.45) is 3.30. The molecule has 0 aliphatic heterocycles. The maximum Gasteiger partial charge on any atom is 0.229 e. The van der Waals surface area contributed by atoms with Gasteiger partial charge >= 0.3 is 0 Å². The molecule has 2 N–H and O–H groups in total. The predicted molar refractivity (Wildman–Crippen MR) is 54.3 cm³/mol. The van der Waals surface area contributed by atoms with Gasteiger partial charge in [-0.15, -0.1) is 0 Å². The summed E-state index contributed by atoms with van der Waals surface area (Å²) in [5, 5.41) is 3.86. The van der Waals surface area contributed by atoms with Crippen molar-refractivity contribution in [2.75, 3.05) is 13.2 Å². The van der Waals surface area contributed by atoms with Crippen LogP contribution in [0.3, 0.4) is 0 Å². The van der Waals surface area contributed by atoms with Gasteiger partial charge in [0.25, 0.3) is 0 Å². The molecule has 1 atom stereocenters. The Kier molecular flexibility index (Phi) is 3.33. The molecule has 0 amide bonds. The molecular formula is C10H17N3O2. The third-order valence-corrected chi connectivity index (χ3v) is 2.36. The van der Waals surface area contributed by atoms with Crippen LogP contribution in [0.2, 0.25) is 0 Å². The van der Waals surface area contributed by atoms with Crippen LogP contribution in [0.1, 0.15) is 49.9 Å². The second-order valence-corrected chi connectivity index (χ2v) is 3.95. The topological polar surface area (TPSA) is 74.2 Å². The van der Waals surface area contributed by atoms with E-state index < -0.39 is 0 Å². The molecule has 15 heavy (non-hydrogen) atoms. The van der Waals surface area contributed by atoms with Gasteiger partial charge in [-0.3, -0.25) is 0 Å². The van der Waals surface area contributed by atoms with Crippen LogP contribution in [0.15, 0.2) is 4.52 Å². The quantitative estimate of drug-likeness (QED) is 0.719. The number of ether oxygens (including phenoxy) is 1. The lowest BCUT2D eigenvalue weighted by atomic mass is 10.3. The number of aromatic nitrogens is 2. The van der Waals surface area contributed by atoms with E-state index in [1.807, 2.05) is 0 Å². The first-order valence-corrected chi connectivity index (χ1v) is 5.48. The van der Waals surface area contributed by atoms with Gasteiger partial charge in [0.1, 0.15) is 0 Å². The van der Waals surface area contributed by atoms with Crippen LogP contribution in [0, 0.1) is 0 Å². The molecular weight excluding hydrogens is 194 g/mol. The number of nitrogens with two attached hydrogens (primary N) is 1. The zero-order valence-electron chi connectivity index (χ0n) is 8.98. The van der Waals surface area contributed by atoms with E-state index >= 15 is 0 Å². The molecule has 1 unspecified atom stereocenters. The predicted octanol–water partition coefficient (Wildman–Crippen LogP) is 1.37. The van der Waals surface area contributed by atoms with Gasteiger partial charge in [-0.1, -0.05) is 12.1 Å². The van der Waals surface area contributed by atoms with E-state index in [4.69, 9.17) is 15.0 Å². The lowest BCUT2D eigenvalue weighted by molar-refractivity contribution is 0.119. The van der Waals surface area contributed by atoms with E-state index in [0.717, 1.165) is 31.8 Å². The third kappa shape index (κ3) is 2.76. The van der Waals surface area contributed by atoms with Crippen LogP contribution in [0.25, 0.3) is 0 Å². The van der Waals surface area contributed by atoms with Crippen molar-refractivity contribution in [3.8, 4) is 0 Å². The number of hydrogen-bond donors (Lipinski definition) is 1. The fraction of sp³-hybridized carbons (Fsp3) is 0.800. The second-order valence-electron chi connectivity index (χ2n) is 3.95. The highest BCUT2D eigenvalue weighted by molar-refractivity contribution is 5.03. The summed E-state index contributed by atoms with van der Waals surface area (Å²) in [5.41, 5.74) is 5.86. The molecule has 1 saturated carbocycles. The first-order valence-electron chi connectivity index (χ1n) is 5.48. The van der Waals surface area contributed by atoms with Gasteiger partial charge in [0.2, 0.25) is 5.89 Å². The van der Waals surface area contributed by atoms with Crippen molar-refractivity contribution in [2.24, 2.45) is 5.73 Å². The molecule has 1 heterocycles. The summed E-state index contributed by atoms with van der Waals surface area (Å²) in [6, 6.07) is -0.271. The van der Waals surface area contributed by atoms with Crippen LogP contribution in [-0.4, -0.2) is 23.4 Å². The Morgan fingerprint density at radius 3 is 3.07 bits per heavy atom. The van der Waals surface area contributed by atoms with Gasteiger partial charge in [0, 0.05) is 12.5 Å². The van der Waals surface area contributed by atoms with Crippen LogP contribution >= 0.6 is 0 Å². The normalized spacial score (nSPS) is 18.0. The number of rotatable bonds is 6. The van der Waals surface area contributed by atoms with Gasteiger partial charge in [-0.25, -0.2) is 0 Å². The van der Waals surface area contributed by atoms with Gasteiger partial charge in [0.05, 0.1) is 12.6 Å². The zero-order chi connectivity index (χ0) is 10.7. The Morgan fingerprint density at radius 2 is 2.40 bits per heavy atom. The molecule has 1 aliphatic carbocycles. The van der Waals surface area contributed by atoms with E-state index in [0.29, 0.717) is 18.3 Å². The molecule has 0 saturated heterocycles. The maximum atomic E-state index is 5.86. The van der Waals surface area contributed by atoms with Crippen LogP contribution in [0.4, 0.5) is 0 Å². The molecule has 0 spiro atoms. The largest absolute Gasteiger partial charge is 0.379 e. The molecule has 2 rings (SSSR count). The summed E-state index contributed by atoms with van der Waals surface area (Å²) in [4.78, 5) is 4.27. The van der Waals surface area contributed by atoms with E-state index in [2.05, 4.69) is 17.1 Å². The minimum atomic E-state index is -0.271. The lowest BCUT2D eigenvalue weighted by Crippen LogP contribution is -2.18. The molecule has 1 aromatic heterocycles. The highest BCUT2D eigenvalue weighted by atomic mass is 16.5. The van der Waals surface area contributed by atoms with Crippen molar-refractivity contribution in [1.29, 1.82) is 0 Å². The SMILES string of the molecule is CCCOCC(N)c1noc(C2CC2)n1. The molecule has 0 bridgehead atoms. The maximum absolute atomic E-state index is 5.86. The Balaban J connectivity index is 1.84. The summed E-state index contributed by atoms with van der Waals surface area (Å²) in [5.74, 6) is 1.78. The van der Waals surface area contributed by atoms with Crippen molar-refractivity contribution in [3.05, 3.63) is 11.7 Å². The van der Waals surface area contributed by atoms with E-state index in [-0.39, 0.29) is 6.04 Å². The van der Waals surface area contributed by atoms with Gasteiger partial charge < -0.3 is 15.0 Å². The van der Waals surface area contributed by atoms with Gasteiger partial charge in [-0.05, 0) is 19.3 Å². The highest BCUT2D eigenvalue weighted by Crippen LogP contribution is 2.39. The lowest BCUT2D eigenvalue weighted by Gasteiger charge is -2.06. The van der Waals surface area contributed by atoms with Crippen molar-refractivity contribution in [2.45, 2.75) is 38.1 Å². The van der Waals surface area contributed by atoms with Crippen molar-refractivity contribution in [1.82, 2.24) is 10.1 Å². The minimum absolute atomic E-state index is 0.271. The molecule has 1 fully saturated rings. The summed E-state index contributed by atoms with van der Waals surface area (Å²) in [7, 11) is 0. The average molecular weight is 211 g/mol. The Hall–Kier alpha value is -0.940. The van der Waals surface area contributed by atoms with Gasteiger partial charge in [-0.2, -0.15) is 4.98 Å². The molecule has 1 aliphatic rings. The molecule has 1 aromatic rings. The minimum Gasteiger partial charge on any atom is -0.379 e. The molecule has 0 aromatic carbocycles. The van der Waals surface area contributed by atoms with E-state index in [1.54, 1.807) is 0 Å². The van der Waals surface area contributed by atoms with Crippen molar-refractivity contribution >= 4 is 0 Å². The van der Waals surface area contributed by atoms with Crippen molar-refractivity contribution < 1.29 is 9.26 Å². The molecule has 5 nitrogen and oxygen atoms in total. The first kappa shape index (κ1) is 10.6. The molecule has 84 valence electrons. The Bertz CT molecular complexity index is 309. The third-order valence-electron chi connectivity index (χ3n) is 2.36. The molecule has 0 radical (unpaired) electrons. The smallest absolute Gasteiger partial charge is 0.229 e. The number of nitrogens with zero attached hydrogens (tertiary/aromatic N) is 2. The average Bonchev–Trinajstić information content (AvgIpc) is 2.97. The van der Waals surface area contributed by atoms with Crippen LogP contribution < -0.4 is 5.73 Å². The zero-order valence-corrected chi connectivity index (χ0v) is 8.98. The fourth-order valence-electron chi connectivity index (χ4n) is 1.32. The first-order chi connectivity index (χ1) is 7.31. The summed E-state index contributed by atoms with van der Waals surface area (Å²) < 4.78 is 10.5. The summed E-state index contributed by atoms with van der Waals surface area (Å²) >= 11 is 0. The fourth-order valence-corrected chi connectivity index (χ4v) is 1.32. The van der Waals surface area contributed by atoms with Crippen LogP contribution in [0.5, 0.6) is 0 Å². The second kappa shape index (κ2) is 4.72. The van der Waals surface area contributed by atoms with Gasteiger partial charge in [0.15, 0.2) is 5.82 Å². The number of hydrogen-bond acceptors (Lipinski definition) is 5. The Labute approximate surface area is 89.0 Å². The van der Waals surface area contributed by atoms with Crippen LogP contribution in [-0.2, 0) is 4.74 Å². The molecule has 5 heteroatoms. The van der Waals surface area contributed by atoms with E-state index in [1.165, 1.54) is 0 Å².